The summed E-state index contributed by atoms with van der Waals surface area (Å²) in [5, 5.41) is 6.76. The van der Waals surface area contributed by atoms with Crippen molar-refractivity contribution in [3.05, 3.63) is 46.9 Å². The van der Waals surface area contributed by atoms with Crippen LogP contribution in [-0.2, 0) is 20.9 Å². The topological polar surface area (TPSA) is 92.7 Å². The third-order valence-corrected chi connectivity index (χ3v) is 4.72. The molecule has 1 fully saturated rings. The van der Waals surface area contributed by atoms with Gasteiger partial charge in [0, 0.05) is 31.2 Å². The molecule has 1 aliphatic heterocycles. The van der Waals surface area contributed by atoms with Crippen molar-refractivity contribution in [3.63, 3.8) is 0 Å². The molecule has 2 N–H and O–H groups in total. The molecule has 0 spiro atoms. The van der Waals surface area contributed by atoms with Crippen LogP contribution in [0.15, 0.2) is 41.3 Å². The van der Waals surface area contributed by atoms with Crippen LogP contribution in [-0.4, -0.2) is 67.2 Å². The zero-order chi connectivity index (χ0) is 19.8. The van der Waals surface area contributed by atoms with Gasteiger partial charge in [-0.1, -0.05) is 18.2 Å². The Hall–Kier alpha value is -2.71. The van der Waals surface area contributed by atoms with E-state index in [0.717, 1.165) is 44.7 Å². The van der Waals surface area contributed by atoms with E-state index in [2.05, 4.69) is 15.5 Å². The summed E-state index contributed by atoms with van der Waals surface area (Å²) in [6, 6.07) is 9.03. The number of pyridine rings is 1. The Morgan fingerprint density at radius 3 is 2.64 bits per heavy atom. The minimum absolute atomic E-state index is 0.0985. The standard InChI is InChI=1S/C20H26N4O4/c25-18(21-7-3-8-23-10-12-28-13-11-23)14-22-19(26)15-24-9-6-16-4-1-2-5-17(16)20(24)27/h1-2,4-6,9H,3,7-8,10-15H2,(H,21,25)(H,22,26). The maximum absolute atomic E-state index is 12.4. The molecule has 8 nitrogen and oxygen atoms in total. The second kappa shape index (κ2) is 10.0. The molecular weight excluding hydrogens is 360 g/mol. The van der Waals surface area contributed by atoms with Crippen molar-refractivity contribution in [2.75, 3.05) is 45.9 Å². The van der Waals surface area contributed by atoms with Gasteiger partial charge in [0.15, 0.2) is 0 Å². The number of amides is 2. The summed E-state index contributed by atoms with van der Waals surface area (Å²) in [6.07, 6.45) is 2.45. The molecule has 0 unspecified atom stereocenters. The molecule has 2 heterocycles. The average Bonchev–Trinajstić information content (AvgIpc) is 2.73. The summed E-state index contributed by atoms with van der Waals surface area (Å²) in [4.78, 5) is 38.6. The van der Waals surface area contributed by atoms with E-state index in [1.807, 2.05) is 12.1 Å². The molecule has 28 heavy (non-hydrogen) atoms. The predicted octanol–water partition coefficient (Wildman–Crippen LogP) is -0.0438. The first-order valence-electron chi connectivity index (χ1n) is 9.55. The molecule has 0 saturated carbocycles. The number of rotatable bonds is 8. The minimum Gasteiger partial charge on any atom is -0.379 e. The van der Waals surface area contributed by atoms with Crippen LogP contribution < -0.4 is 16.2 Å². The number of nitrogens with one attached hydrogen (secondary N) is 2. The number of carbonyl (C=O) groups is 2. The van der Waals surface area contributed by atoms with Crippen molar-refractivity contribution in [3.8, 4) is 0 Å². The lowest BCUT2D eigenvalue weighted by Crippen LogP contribution is -2.41. The van der Waals surface area contributed by atoms with Crippen molar-refractivity contribution >= 4 is 22.6 Å². The first kappa shape index (κ1) is 20.0. The lowest BCUT2D eigenvalue weighted by Gasteiger charge is -2.26. The number of nitrogens with zero attached hydrogens (tertiary/aromatic N) is 2. The highest BCUT2D eigenvalue weighted by Crippen LogP contribution is 2.07. The Balaban J connectivity index is 1.37. The molecule has 0 atom stereocenters. The Morgan fingerprint density at radius 2 is 1.82 bits per heavy atom. The first-order chi connectivity index (χ1) is 13.6. The van der Waals surface area contributed by atoms with E-state index in [1.54, 1.807) is 24.4 Å². The number of benzene rings is 1. The van der Waals surface area contributed by atoms with Crippen molar-refractivity contribution in [1.29, 1.82) is 0 Å². The normalized spacial score (nSPS) is 14.7. The fourth-order valence-corrected chi connectivity index (χ4v) is 3.16. The SMILES string of the molecule is O=C(CNC(=O)Cn1ccc2ccccc2c1=O)NCCCN1CCOCC1. The molecule has 0 radical (unpaired) electrons. The molecule has 3 rings (SSSR count). The van der Waals surface area contributed by atoms with Gasteiger partial charge in [-0.05, 0) is 30.5 Å². The Labute approximate surface area is 163 Å². The second-order valence-corrected chi connectivity index (χ2v) is 6.77. The largest absolute Gasteiger partial charge is 0.379 e. The number of ether oxygens (including phenoxy) is 1. The molecule has 1 aromatic carbocycles. The van der Waals surface area contributed by atoms with Gasteiger partial charge in [-0.25, -0.2) is 0 Å². The highest BCUT2D eigenvalue weighted by atomic mass is 16.5. The van der Waals surface area contributed by atoms with Crippen LogP contribution in [0.25, 0.3) is 10.8 Å². The smallest absolute Gasteiger partial charge is 0.258 e. The van der Waals surface area contributed by atoms with E-state index in [9.17, 15) is 14.4 Å². The molecule has 0 aliphatic carbocycles. The van der Waals surface area contributed by atoms with E-state index >= 15 is 0 Å². The van der Waals surface area contributed by atoms with Gasteiger partial charge in [0.05, 0.1) is 19.8 Å². The molecule has 1 aromatic heterocycles. The van der Waals surface area contributed by atoms with Crippen LogP contribution in [0.1, 0.15) is 6.42 Å². The third-order valence-electron chi connectivity index (χ3n) is 4.72. The molecule has 150 valence electrons. The average molecular weight is 386 g/mol. The van der Waals surface area contributed by atoms with Crippen molar-refractivity contribution in [2.24, 2.45) is 0 Å². The Kier molecular flexibility index (Phi) is 7.16. The van der Waals surface area contributed by atoms with Crippen molar-refractivity contribution in [1.82, 2.24) is 20.1 Å². The van der Waals surface area contributed by atoms with Gasteiger partial charge in [0.25, 0.3) is 5.56 Å². The Bertz CT molecular complexity index is 874. The number of fused-ring (bicyclic) bond motifs is 1. The van der Waals surface area contributed by atoms with Gasteiger partial charge in [0.1, 0.15) is 6.54 Å². The summed E-state index contributed by atoms with van der Waals surface area (Å²) in [6.45, 7) is 4.65. The highest BCUT2D eigenvalue weighted by molar-refractivity contribution is 5.85. The van der Waals surface area contributed by atoms with Crippen LogP contribution in [0.4, 0.5) is 0 Å². The number of morpholine rings is 1. The van der Waals surface area contributed by atoms with Gasteiger partial charge in [-0.3, -0.25) is 19.3 Å². The quantitative estimate of drug-likeness (QED) is 0.621. The van der Waals surface area contributed by atoms with Crippen molar-refractivity contribution < 1.29 is 14.3 Å². The molecule has 1 aliphatic rings. The maximum Gasteiger partial charge on any atom is 0.258 e. The van der Waals surface area contributed by atoms with Crippen LogP contribution in [0.2, 0.25) is 0 Å². The fourth-order valence-electron chi connectivity index (χ4n) is 3.16. The van der Waals surface area contributed by atoms with Gasteiger partial charge in [0.2, 0.25) is 11.8 Å². The summed E-state index contributed by atoms with van der Waals surface area (Å²) >= 11 is 0. The number of aromatic nitrogens is 1. The van der Waals surface area contributed by atoms with Crippen molar-refractivity contribution in [2.45, 2.75) is 13.0 Å². The predicted molar refractivity (Wildman–Crippen MR) is 106 cm³/mol. The molecule has 1 saturated heterocycles. The molecular formula is C20H26N4O4. The zero-order valence-electron chi connectivity index (χ0n) is 15.9. The van der Waals surface area contributed by atoms with Gasteiger partial charge < -0.3 is 19.9 Å². The van der Waals surface area contributed by atoms with Gasteiger partial charge in [-0.15, -0.1) is 0 Å². The molecule has 2 amide bonds. The van der Waals surface area contributed by atoms with Gasteiger partial charge in [-0.2, -0.15) is 0 Å². The zero-order valence-corrected chi connectivity index (χ0v) is 15.9. The van der Waals surface area contributed by atoms with E-state index in [1.165, 1.54) is 4.57 Å². The molecule has 2 aromatic rings. The summed E-state index contributed by atoms with van der Waals surface area (Å²) < 4.78 is 6.64. The van der Waals surface area contributed by atoms with E-state index in [4.69, 9.17) is 4.74 Å². The number of carbonyl (C=O) groups excluding carboxylic acids is 2. The fraction of sp³-hybridized carbons (Fsp3) is 0.450. The number of hydrogen-bond donors (Lipinski definition) is 2. The van der Waals surface area contributed by atoms with E-state index in [0.29, 0.717) is 11.9 Å². The molecule has 8 heteroatoms. The van der Waals surface area contributed by atoms with Crippen LogP contribution in [0.3, 0.4) is 0 Å². The Morgan fingerprint density at radius 1 is 1.04 bits per heavy atom. The first-order valence-corrected chi connectivity index (χ1v) is 9.55. The molecule has 0 bridgehead atoms. The highest BCUT2D eigenvalue weighted by Gasteiger charge is 2.11. The summed E-state index contributed by atoms with van der Waals surface area (Å²) in [5.74, 6) is -0.609. The van der Waals surface area contributed by atoms with Crippen LogP contribution >= 0.6 is 0 Å². The lowest BCUT2D eigenvalue weighted by atomic mass is 10.2. The van der Waals surface area contributed by atoms with Gasteiger partial charge >= 0.3 is 0 Å². The number of hydrogen-bond acceptors (Lipinski definition) is 5. The second-order valence-electron chi connectivity index (χ2n) is 6.77. The lowest BCUT2D eigenvalue weighted by molar-refractivity contribution is -0.126. The van der Waals surface area contributed by atoms with E-state index < -0.39 is 0 Å². The van der Waals surface area contributed by atoms with Crippen LogP contribution in [0.5, 0.6) is 0 Å². The minimum atomic E-state index is -0.374. The monoisotopic (exact) mass is 386 g/mol. The van der Waals surface area contributed by atoms with Crippen LogP contribution in [0, 0.1) is 0 Å². The maximum atomic E-state index is 12.4. The van der Waals surface area contributed by atoms with E-state index in [-0.39, 0.29) is 30.5 Å². The third kappa shape index (κ3) is 5.64. The summed E-state index contributed by atoms with van der Waals surface area (Å²) in [5.41, 5.74) is -0.221. The summed E-state index contributed by atoms with van der Waals surface area (Å²) in [7, 11) is 0.